The molecule has 0 saturated carbocycles. The van der Waals surface area contributed by atoms with Crippen LogP contribution in [0.4, 0.5) is 0 Å². The first-order valence-electron chi connectivity index (χ1n) is 10.0. The Bertz CT molecular complexity index is 1450. The van der Waals surface area contributed by atoms with Crippen molar-refractivity contribution in [3.63, 3.8) is 0 Å². The van der Waals surface area contributed by atoms with Crippen LogP contribution < -0.4 is 5.32 Å². The molecule has 0 atom stereocenters. The van der Waals surface area contributed by atoms with Gasteiger partial charge >= 0.3 is 0 Å². The number of rotatable bonds is 4. The minimum Gasteiger partial charge on any atom is -0.327 e. The largest absolute Gasteiger partial charge is 0.327 e. The number of aryl methyl sites for hydroxylation is 2. The molecule has 1 N–H and O–H groups in total. The molecule has 5 rings (SSSR count). The van der Waals surface area contributed by atoms with Gasteiger partial charge in [-0.05, 0) is 30.7 Å². The van der Waals surface area contributed by atoms with E-state index in [9.17, 15) is 4.79 Å². The Balaban J connectivity index is 1.24. The number of aromatic nitrogens is 4. The van der Waals surface area contributed by atoms with E-state index in [1.807, 2.05) is 61.0 Å². The third-order valence-corrected chi connectivity index (χ3v) is 7.32. The molecule has 0 fully saturated rings. The third-order valence-electron chi connectivity index (χ3n) is 5.11. The van der Waals surface area contributed by atoms with E-state index >= 15 is 0 Å². The summed E-state index contributed by atoms with van der Waals surface area (Å²) in [5.41, 5.74) is 5.61. The zero-order valence-electron chi connectivity index (χ0n) is 17.7. The van der Waals surface area contributed by atoms with Crippen molar-refractivity contribution in [2.24, 2.45) is 17.3 Å². The first-order chi connectivity index (χ1) is 16.0. The Hall–Kier alpha value is -2.76. The van der Waals surface area contributed by atoms with Gasteiger partial charge in [0, 0.05) is 22.7 Å². The lowest BCUT2D eigenvalue weighted by molar-refractivity contribution is -0.117. The molecule has 0 saturated heterocycles. The molecule has 1 aliphatic rings. The average molecular weight is 540 g/mol. The number of halogens is 1. The number of benzene rings is 2. The molecule has 33 heavy (non-hydrogen) atoms. The highest BCUT2D eigenvalue weighted by molar-refractivity contribution is 9.10. The van der Waals surface area contributed by atoms with Gasteiger partial charge in [0.2, 0.25) is 11.1 Å². The summed E-state index contributed by atoms with van der Waals surface area (Å²) < 4.78 is 2.95. The summed E-state index contributed by atoms with van der Waals surface area (Å²) in [6, 6.07) is 14.2. The van der Waals surface area contributed by atoms with Crippen molar-refractivity contribution in [1.29, 1.82) is 0 Å². The van der Waals surface area contributed by atoms with Gasteiger partial charge in [0.15, 0.2) is 10.8 Å². The average Bonchev–Trinajstić information content (AvgIpc) is 3.09. The third kappa shape index (κ3) is 4.66. The molecule has 0 bridgehead atoms. The van der Waals surface area contributed by atoms with Crippen LogP contribution in [-0.4, -0.2) is 48.0 Å². The molecule has 0 radical (unpaired) electrons. The van der Waals surface area contributed by atoms with Gasteiger partial charge in [0.1, 0.15) is 5.52 Å². The van der Waals surface area contributed by atoms with E-state index < -0.39 is 0 Å². The van der Waals surface area contributed by atoms with Crippen LogP contribution in [-0.2, 0) is 11.8 Å². The number of carbonyl (C=O) groups is 1. The molecule has 1 amide bonds. The van der Waals surface area contributed by atoms with Crippen LogP contribution in [0.15, 0.2) is 62.3 Å². The summed E-state index contributed by atoms with van der Waals surface area (Å²) in [5, 5.41) is 21.7. The lowest BCUT2D eigenvalue weighted by Gasteiger charge is -2.12. The van der Waals surface area contributed by atoms with Crippen molar-refractivity contribution in [1.82, 2.24) is 25.1 Å². The molecule has 11 heteroatoms. The van der Waals surface area contributed by atoms with Crippen molar-refractivity contribution < 1.29 is 4.79 Å². The Morgan fingerprint density at radius 2 is 2.00 bits per heavy atom. The maximum atomic E-state index is 12.4. The van der Waals surface area contributed by atoms with E-state index in [1.54, 1.807) is 0 Å². The van der Waals surface area contributed by atoms with Gasteiger partial charge in [0.25, 0.3) is 0 Å². The van der Waals surface area contributed by atoms with Crippen LogP contribution in [0.1, 0.15) is 11.1 Å². The SMILES string of the molecule is Cc1ccc(C2=NN=C(NC(=O)CSc3nnc4c5cc(Br)ccc5n(C)c4n3)SC2)cc1. The number of amidine groups is 1. The molecular formula is C22H18BrN7OS2. The lowest BCUT2D eigenvalue weighted by atomic mass is 10.1. The van der Waals surface area contributed by atoms with Gasteiger partial charge in [-0.15, -0.1) is 15.3 Å². The quantitative estimate of drug-likeness (QED) is 0.388. The molecule has 1 aliphatic heterocycles. The number of hydrogen-bond acceptors (Lipinski definition) is 8. The minimum atomic E-state index is -0.190. The molecule has 8 nitrogen and oxygen atoms in total. The Morgan fingerprint density at radius 3 is 2.76 bits per heavy atom. The summed E-state index contributed by atoms with van der Waals surface area (Å²) >= 11 is 6.18. The molecule has 0 aliphatic carbocycles. The topological polar surface area (TPSA) is 97.4 Å². The van der Waals surface area contributed by atoms with E-state index in [0.717, 1.165) is 37.8 Å². The smallest absolute Gasteiger partial charge is 0.236 e. The Kier molecular flexibility index (Phi) is 6.17. The summed E-state index contributed by atoms with van der Waals surface area (Å²) in [7, 11) is 1.94. The molecule has 166 valence electrons. The summed E-state index contributed by atoms with van der Waals surface area (Å²) in [6.07, 6.45) is 0. The molecular weight excluding hydrogens is 522 g/mol. The standard InChI is InChI=1S/C22H18BrN7OS2/c1-12-3-5-13(6-4-12)16-10-32-21(28-26-16)24-18(31)11-33-22-25-20-19(27-29-22)15-9-14(23)7-8-17(15)30(20)2/h3-9H,10-11H2,1-2H3,(H,24,28,31). The van der Waals surface area contributed by atoms with E-state index in [1.165, 1.54) is 29.1 Å². The number of hydrogen-bond donors (Lipinski definition) is 1. The van der Waals surface area contributed by atoms with Crippen molar-refractivity contribution in [3.8, 4) is 0 Å². The maximum Gasteiger partial charge on any atom is 0.236 e. The van der Waals surface area contributed by atoms with Gasteiger partial charge in [-0.1, -0.05) is 69.3 Å². The fraction of sp³-hybridized carbons (Fsp3) is 0.182. The first-order valence-corrected chi connectivity index (χ1v) is 12.8. The van der Waals surface area contributed by atoms with Crippen molar-refractivity contribution >= 4 is 78.3 Å². The van der Waals surface area contributed by atoms with Gasteiger partial charge in [0.05, 0.1) is 17.0 Å². The predicted molar refractivity (Wildman–Crippen MR) is 138 cm³/mol. The van der Waals surface area contributed by atoms with Gasteiger partial charge in [-0.25, -0.2) is 4.98 Å². The van der Waals surface area contributed by atoms with Crippen LogP contribution >= 0.6 is 39.5 Å². The zero-order chi connectivity index (χ0) is 22.9. The Labute approximate surface area is 206 Å². The van der Waals surface area contributed by atoms with Gasteiger partial charge in [-0.2, -0.15) is 5.10 Å². The number of fused-ring (bicyclic) bond motifs is 3. The lowest BCUT2D eigenvalue weighted by Crippen LogP contribution is -2.31. The first kappa shape index (κ1) is 22.1. The molecule has 2 aromatic carbocycles. The molecule has 0 unspecified atom stereocenters. The normalized spacial score (nSPS) is 13.8. The van der Waals surface area contributed by atoms with Crippen LogP contribution in [0, 0.1) is 6.92 Å². The highest BCUT2D eigenvalue weighted by Gasteiger charge is 2.17. The zero-order valence-corrected chi connectivity index (χ0v) is 21.0. The predicted octanol–water partition coefficient (Wildman–Crippen LogP) is 4.30. The molecule has 0 spiro atoms. The van der Waals surface area contributed by atoms with Crippen LogP contribution in [0.25, 0.3) is 22.1 Å². The van der Waals surface area contributed by atoms with Gasteiger partial charge in [-0.3, -0.25) is 4.79 Å². The highest BCUT2D eigenvalue weighted by Crippen LogP contribution is 2.28. The number of nitrogens with one attached hydrogen (secondary N) is 1. The van der Waals surface area contributed by atoms with Crippen molar-refractivity contribution in [2.75, 3.05) is 11.5 Å². The fourth-order valence-electron chi connectivity index (χ4n) is 3.41. The number of carbonyl (C=O) groups excluding carboxylic acids is 1. The molecule has 4 aromatic rings. The summed E-state index contributed by atoms with van der Waals surface area (Å²) in [4.78, 5) is 17.0. The fourth-order valence-corrected chi connectivity index (χ4v) is 5.14. The van der Waals surface area contributed by atoms with Crippen LogP contribution in [0.2, 0.25) is 0 Å². The second-order valence-electron chi connectivity index (χ2n) is 7.43. The van der Waals surface area contributed by atoms with Crippen molar-refractivity contribution in [3.05, 3.63) is 58.1 Å². The minimum absolute atomic E-state index is 0.150. The van der Waals surface area contributed by atoms with E-state index in [-0.39, 0.29) is 11.7 Å². The number of thioether (sulfide) groups is 2. The summed E-state index contributed by atoms with van der Waals surface area (Å²) in [5.74, 6) is 0.609. The highest BCUT2D eigenvalue weighted by atomic mass is 79.9. The second kappa shape index (κ2) is 9.24. The molecule has 2 aromatic heterocycles. The summed E-state index contributed by atoms with van der Waals surface area (Å²) in [6.45, 7) is 2.05. The maximum absolute atomic E-state index is 12.4. The van der Waals surface area contributed by atoms with E-state index in [2.05, 4.69) is 46.6 Å². The van der Waals surface area contributed by atoms with E-state index in [4.69, 9.17) is 0 Å². The number of nitrogens with zero attached hydrogens (tertiary/aromatic N) is 6. The van der Waals surface area contributed by atoms with Crippen molar-refractivity contribution in [2.45, 2.75) is 12.1 Å². The van der Waals surface area contributed by atoms with Crippen LogP contribution in [0.5, 0.6) is 0 Å². The second-order valence-corrected chi connectivity index (χ2v) is 10.3. The monoisotopic (exact) mass is 539 g/mol. The Morgan fingerprint density at radius 1 is 1.18 bits per heavy atom. The van der Waals surface area contributed by atoms with Crippen LogP contribution in [0.3, 0.4) is 0 Å². The molecule has 3 heterocycles. The number of amides is 1. The van der Waals surface area contributed by atoms with E-state index in [0.29, 0.717) is 16.1 Å². The van der Waals surface area contributed by atoms with Gasteiger partial charge < -0.3 is 9.88 Å².